The molecule has 2 aliphatic carbocycles. The second-order valence-corrected chi connectivity index (χ2v) is 6.63. The van der Waals surface area contributed by atoms with Crippen molar-refractivity contribution in [2.75, 3.05) is 6.61 Å². The Balaban J connectivity index is 2.23. The zero-order valence-electron chi connectivity index (χ0n) is 11.4. The van der Waals surface area contributed by atoms with E-state index in [1.54, 1.807) is 12.5 Å². The number of allylic oxidation sites excluding steroid dienone is 2. The zero-order chi connectivity index (χ0) is 12.7. The van der Waals surface area contributed by atoms with E-state index in [1.807, 2.05) is 0 Å². The van der Waals surface area contributed by atoms with Crippen LogP contribution in [0.25, 0.3) is 0 Å². The molecular formula is C15H26O2. The summed E-state index contributed by atoms with van der Waals surface area (Å²) < 4.78 is 0. The largest absolute Gasteiger partial charge is 0.393 e. The Morgan fingerprint density at radius 3 is 2.76 bits per heavy atom. The molecule has 0 heterocycles. The summed E-state index contributed by atoms with van der Waals surface area (Å²) in [4.78, 5) is 0. The van der Waals surface area contributed by atoms with Gasteiger partial charge in [0.05, 0.1) is 12.2 Å². The van der Waals surface area contributed by atoms with Crippen LogP contribution in [-0.4, -0.2) is 22.4 Å². The first-order valence-corrected chi connectivity index (χ1v) is 6.91. The molecule has 0 aromatic carbocycles. The Bertz CT molecular complexity index is 330. The minimum absolute atomic E-state index is 0.124. The molecule has 0 amide bonds. The van der Waals surface area contributed by atoms with E-state index in [0.717, 1.165) is 12.8 Å². The summed E-state index contributed by atoms with van der Waals surface area (Å²) in [6.07, 6.45) is 7.02. The molecule has 1 fully saturated rings. The lowest BCUT2D eigenvalue weighted by molar-refractivity contribution is -0.0601. The average molecular weight is 238 g/mol. The van der Waals surface area contributed by atoms with Crippen molar-refractivity contribution in [3.8, 4) is 0 Å². The fraction of sp³-hybridized carbons (Fsp3) is 0.867. The Labute approximate surface area is 105 Å². The van der Waals surface area contributed by atoms with Crippen LogP contribution in [0.15, 0.2) is 11.1 Å². The van der Waals surface area contributed by atoms with E-state index in [2.05, 4.69) is 13.8 Å². The van der Waals surface area contributed by atoms with E-state index in [9.17, 15) is 10.2 Å². The predicted octanol–water partition coefficient (Wildman–Crippen LogP) is 3.04. The molecule has 2 N–H and O–H groups in total. The summed E-state index contributed by atoms with van der Waals surface area (Å²) in [6, 6.07) is 0. The topological polar surface area (TPSA) is 40.5 Å². The maximum absolute atomic E-state index is 10.2. The lowest BCUT2D eigenvalue weighted by Gasteiger charge is -2.47. The lowest BCUT2D eigenvalue weighted by atomic mass is 9.59. The van der Waals surface area contributed by atoms with Gasteiger partial charge in [-0.05, 0) is 63.7 Å². The van der Waals surface area contributed by atoms with Crippen LogP contribution in [0.1, 0.15) is 59.3 Å². The highest BCUT2D eigenvalue weighted by atomic mass is 16.3. The molecule has 1 saturated carbocycles. The first-order chi connectivity index (χ1) is 7.89. The van der Waals surface area contributed by atoms with Gasteiger partial charge in [0.2, 0.25) is 0 Å². The molecule has 0 aromatic rings. The van der Waals surface area contributed by atoms with Gasteiger partial charge in [0.25, 0.3) is 0 Å². The number of hydrogen-bond acceptors (Lipinski definition) is 2. The van der Waals surface area contributed by atoms with E-state index < -0.39 is 5.60 Å². The smallest absolute Gasteiger partial charge is 0.0880 e. The highest BCUT2D eigenvalue weighted by molar-refractivity contribution is 5.26. The molecule has 0 saturated heterocycles. The van der Waals surface area contributed by atoms with Crippen LogP contribution in [0.3, 0.4) is 0 Å². The third-order valence-electron chi connectivity index (χ3n) is 5.22. The fourth-order valence-electron chi connectivity index (χ4n) is 3.76. The monoisotopic (exact) mass is 238 g/mol. The number of fused-ring (bicyclic) bond motifs is 1. The molecule has 2 aliphatic rings. The second-order valence-electron chi connectivity index (χ2n) is 6.63. The van der Waals surface area contributed by atoms with Crippen molar-refractivity contribution in [1.82, 2.24) is 0 Å². The number of aliphatic hydroxyl groups is 2. The van der Waals surface area contributed by atoms with Crippen LogP contribution in [0.4, 0.5) is 0 Å². The van der Waals surface area contributed by atoms with Crippen molar-refractivity contribution in [1.29, 1.82) is 0 Å². The molecule has 0 radical (unpaired) electrons. The lowest BCUT2D eigenvalue weighted by Crippen LogP contribution is -2.43. The van der Waals surface area contributed by atoms with Gasteiger partial charge in [-0.25, -0.2) is 0 Å². The third kappa shape index (κ3) is 2.30. The van der Waals surface area contributed by atoms with Gasteiger partial charge in [-0.1, -0.05) is 18.1 Å². The van der Waals surface area contributed by atoms with E-state index >= 15 is 0 Å². The summed E-state index contributed by atoms with van der Waals surface area (Å²) in [6.45, 7) is 6.29. The summed E-state index contributed by atoms with van der Waals surface area (Å²) in [5.41, 5.74) is 2.59. The Morgan fingerprint density at radius 1 is 1.41 bits per heavy atom. The molecule has 0 aliphatic heterocycles. The summed E-state index contributed by atoms with van der Waals surface area (Å²) in [5.74, 6) is 0.226. The van der Waals surface area contributed by atoms with Gasteiger partial charge < -0.3 is 10.2 Å². The van der Waals surface area contributed by atoms with Crippen LogP contribution in [-0.2, 0) is 0 Å². The standard InChI is InChI=1S/C15H26O2/c1-11-5-4-7-14(2)8-6-12(9-13(11)14)15(3,17)10-16/h12,16-17H,4-10H2,1-3H3/t12-,14-,15+/m1/s1. The quantitative estimate of drug-likeness (QED) is 0.726. The molecule has 98 valence electrons. The molecule has 2 nitrogen and oxygen atoms in total. The molecule has 2 heteroatoms. The Kier molecular flexibility index (Phi) is 3.39. The number of aliphatic hydroxyl groups excluding tert-OH is 1. The van der Waals surface area contributed by atoms with Gasteiger partial charge in [-0.3, -0.25) is 0 Å². The van der Waals surface area contributed by atoms with Crippen LogP contribution in [0.5, 0.6) is 0 Å². The summed E-state index contributed by atoms with van der Waals surface area (Å²) >= 11 is 0. The SMILES string of the molecule is CC1=C2C[C@H]([C@@](C)(O)CO)CC[C@@]2(C)CCC1. The van der Waals surface area contributed by atoms with E-state index in [-0.39, 0.29) is 12.5 Å². The van der Waals surface area contributed by atoms with Crippen LogP contribution < -0.4 is 0 Å². The van der Waals surface area contributed by atoms with Crippen LogP contribution in [0, 0.1) is 11.3 Å². The minimum atomic E-state index is -0.911. The van der Waals surface area contributed by atoms with Crippen molar-refractivity contribution in [2.24, 2.45) is 11.3 Å². The van der Waals surface area contributed by atoms with Gasteiger partial charge in [-0.15, -0.1) is 0 Å². The van der Waals surface area contributed by atoms with Gasteiger partial charge in [-0.2, -0.15) is 0 Å². The number of hydrogen-bond donors (Lipinski definition) is 2. The summed E-state index contributed by atoms with van der Waals surface area (Å²) in [5, 5.41) is 19.5. The van der Waals surface area contributed by atoms with Crippen molar-refractivity contribution < 1.29 is 10.2 Å². The normalized spacial score (nSPS) is 37.6. The van der Waals surface area contributed by atoms with Crippen molar-refractivity contribution in [2.45, 2.75) is 64.9 Å². The van der Waals surface area contributed by atoms with E-state index in [0.29, 0.717) is 5.41 Å². The van der Waals surface area contributed by atoms with Crippen LogP contribution >= 0.6 is 0 Å². The molecule has 0 bridgehead atoms. The maximum Gasteiger partial charge on any atom is 0.0880 e. The van der Waals surface area contributed by atoms with Crippen molar-refractivity contribution >= 4 is 0 Å². The predicted molar refractivity (Wildman–Crippen MR) is 69.7 cm³/mol. The molecule has 3 atom stereocenters. The first kappa shape index (κ1) is 13.1. The van der Waals surface area contributed by atoms with Gasteiger partial charge in [0.1, 0.15) is 0 Å². The highest BCUT2D eigenvalue weighted by Gasteiger charge is 2.43. The van der Waals surface area contributed by atoms with E-state index in [4.69, 9.17) is 0 Å². The van der Waals surface area contributed by atoms with E-state index in [1.165, 1.54) is 31.3 Å². The van der Waals surface area contributed by atoms with Gasteiger partial charge in [0.15, 0.2) is 0 Å². The Hall–Kier alpha value is -0.340. The average Bonchev–Trinajstić information content (AvgIpc) is 2.28. The second kappa shape index (κ2) is 4.40. The first-order valence-electron chi connectivity index (χ1n) is 6.91. The van der Waals surface area contributed by atoms with Gasteiger partial charge >= 0.3 is 0 Å². The van der Waals surface area contributed by atoms with Crippen LogP contribution in [0.2, 0.25) is 0 Å². The molecule has 2 rings (SSSR count). The van der Waals surface area contributed by atoms with Gasteiger partial charge in [0, 0.05) is 0 Å². The molecular weight excluding hydrogens is 212 g/mol. The Morgan fingerprint density at radius 2 is 2.12 bits per heavy atom. The van der Waals surface area contributed by atoms with Crippen molar-refractivity contribution in [3.63, 3.8) is 0 Å². The maximum atomic E-state index is 10.2. The third-order valence-corrected chi connectivity index (χ3v) is 5.22. The molecule has 0 spiro atoms. The molecule has 0 aromatic heterocycles. The number of rotatable bonds is 2. The minimum Gasteiger partial charge on any atom is -0.393 e. The molecule has 17 heavy (non-hydrogen) atoms. The van der Waals surface area contributed by atoms with Crippen molar-refractivity contribution in [3.05, 3.63) is 11.1 Å². The highest BCUT2D eigenvalue weighted by Crippen LogP contribution is 2.52. The molecule has 0 unspecified atom stereocenters. The summed E-state index contributed by atoms with van der Waals surface area (Å²) in [7, 11) is 0. The fourth-order valence-corrected chi connectivity index (χ4v) is 3.76. The zero-order valence-corrected chi connectivity index (χ0v) is 11.4.